The van der Waals surface area contributed by atoms with E-state index in [-0.39, 0.29) is 29.6 Å². The number of aryl methyl sites for hydroxylation is 1. The molecule has 27 heavy (non-hydrogen) atoms. The van der Waals surface area contributed by atoms with Gasteiger partial charge in [-0.1, -0.05) is 47.5 Å². The summed E-state index contributed by atoms with van der Waals surface area (Å²) < 4.78 is 15.9. The molecular formula is C19H18ClFN4OS. The molecule has 0 bridgehead atoms. The summed E-state index contributed by atoms with van der Waals surface area (Å²) in [5.74, 6) is -0.103. The van der Waals surface area contributed by atoms with Crippen molar-refractivity contribution in [2.24, 2.45) is 0 Å². The number of nitrogens with zero attached hydrogens (tertiary/aromatic N) is 3. The SMILES string of the molecule is Cc1ccc(-c2n[nH]c(=S)n2CC(=O)N(C)Cc2c(F)cccc2Cl)cc1. The largest absolute Gasteiger partial charge is 0.340 e. The highest BCUT2D eigenvalue weighted by Gasteiger charge is 2.17. The zero-order chi connectivity index (χ0) is 19.6. The number of rotatable bonds is 5. The van der Waals surface area contributed by atoms with Gasteiger partial charge in [0.2, 0.25) is 5.91 Å². The fourth-order valence-corrected chi connectivity index (χ4v) is 3.07. The second-order valence-corrected chi connectivity index (χ2v) is 7.05. The van der Waals surface area contributed by atoms with Crippen LogP contribution in [0.1, 0.15) is 11.1 Å². The first-order chi connectivity index (χ1) is 12.9. The predicted octanol–water partition coefficient (Wildman–Crippen LogP) is 4.37. The summed E-state index contributed by atoms with van der Waals surface area (Å²) in [6.45, 7) is 2.05. The van der Waals surface area contributed by atoms with E-state index in [2.05, 4.69) is 10.2 Å². The van der Waals surface area contributed by atoms with Crippen molar-refractivity contribution in [1.82, 2.24) is 19.7 Å². The number of likely N-dealkylation sites (N-methyl/N-ethyl adjacent to an activating group) is 1. The Balaban J connectivity index is 1.81. The molecule has 0 saturated heterocycles. The van der Waals surface area contributed by atoms with E-state index in [0.29, 0.717) is 10.6 Å². The molecule has 0 aliphatic rings. The van der Waals surface area contributed by atoms with Crippen LogP contribution in [0.2, 0.25) is 5.02 Å². The van der Waals surface area contributed by atoms with Crippen LogP contribution in [-0.4, -0.2) is 32.6 Å². The van der Waals surface area contributed by atoms with Crippen LogP contribution in [-0.2, 0) is 17.9 Å². The number of aromatic nitrogens is 3. The van der Waals surface area contributed by atoms with Crippen molar-refractivity contribution < 1.29 is 9.18 Å². The number of H-pyrrole nitrogens is 1. The van der Waals surface area contributed by atoms with Crippen LogP contribution in [0, 0.1) is 17.5 Å². The summed E-state index contributed by atoms with van der Waals surface area (Å²) in [5, 5.41) is 7.25. The molecule has 0 unspecified atom stereocenters. The molecule has 1 heterocycles. The standard InChI is InChI=1S/C19H18ClFN4OS/c1-12-6-8-13(9-7-12)18-22-23-19(27)25(18)11-17(26)24(2)10-14-15(20)4-3-5-16(14)21/h3-9H,10-11H2,1-2H3,(H,23,27). The third kappa shape index (κ3) is 4.26. The lowest BCUT2D eigenvalue weighted by Gasteiger charge is -2.19. The van der Waals surface area contributed by atoms with Crippen LogP contribution in [0.15, 0.2) is 42.5 Å². The lowest BCUT2D eigenvalue weighted by atomic mass is 10.1. The number of nitrogens with one attached hydrogen (secondary N) is 1. The maximum atomic E-state index is 14.0. The van der Waals surface area contributed by atoms with E-state index in [1.54, 1.807) is 17.7 Å². The summed E-state index contributed by atoms with van der Waals surface area (Å²) in [6.07, 6.45) is 0. The highest BCUT2D eigenvalue weighted by molar-refractivity contribution is 7.71. The second-order valence-electron chi connectivity index (χ2n) is 6.25. The monoisotopic (exact) mass is 404 g/mol. The van der Waals surface area contributed by atoms with Crippen molar-refractivity contribution in [3.63, 3.8) is 0 Å². The van der Waals surface area contributed by atoms with Crippen LogP contribution in [0.3, 0.4) is 0 Å². The molecule has 0 saturated carbocycles. The number of halogens is 2. The Morgan fingerprint density at radius 2 is 2.00 bits per heavy atom. The molecule has 8 heteroatoms. The lowest BCUT2D eigenvalue weighted by molar-refractivity contribution is -0.131. The van der Waals surface area contributed by atoms with Crippen LogP contribution < -0.4 is 0 Å². The molecule has 1 N–H and O–H groups in total. The van der Waals surface area contributed by atoms with E-state index in [0.717, 1.165) is 11.1 Å². The molecule has 5 nitrogen and oxygen atoms in total. The summed E-state index contributed by atoms with van der Waals surface area (Å²) in [4.78, 5) is 14.1. The number of hydrogen-bond donors (Lipinski definition) is 1. The zero-order valence-electron chi connectivity index (χ0n) is 14.9. The molecule has 0 spiro atoms. The third-order valence-corrected chi connectivity index (χ3v) is 4.91. The summed E-state index contributed by atoms with van der Waals surface area (Å²) in [5.41, 5.74) is 2.25. The van der Waals surface area contributed by atoms with Crippen LogP contribution >= 0.6 is 23.8 Å². The van der Waals surface area contributed by atoms with Gasteiger partial charge in [0.1, 0.15) is 12.4 Å². The van der Waals surface area contributed by atoms with Gasteiger partial charge in [-0.15, -0.1) is 0 Å². The minimum atomic E-state index is -0.442. The van der Waals surface area contributed by atoms with Crippen LogP contribution in [0.4, 0.5) is 4.39 Å². The van der Waals surface area contributed by atoms with Crippen molar-refractivity contribution >= 4 is 29.7 Å². The van der Waals surface area contributed by atoms with E-state index >= 15 is 0 Å². The highest BCUT2D eigenvalue weighted by Crippen LogP contribution is 2.21. The van der Waals surface area contributed by atoms with Crippen LogP contribution in [0.5, 0.6) is 0 Å². The van der Waals surface area contributed by atoms with Crippen molar-refractivity contribution in [3.8, 4) is 11.4 Å². The van der Waals surface area contributed by atoms with Gasteiger partial charge in [-0.05, 0) is 31.3 Å². The first kappa shape index (κ1) is 19.3. The van der Waals surface area contributed by atoms with E-state index < -0.39 is 5.82 Å². The van der Waals surface area contributed by atoms with Crippen molar-refractivity contribution in [1.29, 1.82) is 0 Å². The topological polar surface area (TPSA) is 53.9 Å². The van der Waals surface area contributed by atoms with E-state index in [1.165, 1.54) is 17.0 Å². The Bertz CT molecular complexity index is 1010. The zero-order valence-corrected chi connectivity index (χ0v) is 16.4. The normalized spacial score (nSPS) is 10.8. The number of benzene rings is 2. The predicted molar refractivity (Wildman–Crippen MR) is 105 cm³/mol. The maximum Gasteiger partial charge on any atom is 0.242 e. The number of hydrogen-bond acceptors (Lipinski definition) is 3. The average Bonchev–Trinajstić information content (AvgIpc) is 2.99. The Hall–Kier alpha value is -2.51. The van der Waals surface area contributed by atoms with E-state index in [9.17, 15) is 9.18 Å². The molecule has 1 aromatic heterocycles. The smallest absolute Gasteiger partial charge is 0.242 e. The van der Waals surface area contributed by atoms with Gasteiger partial charge in [-0.3, -0.25) is 14.5 Å². The van der Waals surface area contributed by atoms with Gasteiger partial charge in [0, 0.05) is 29.7 Å². The number of carbonyl (C=O) groups is 1. The summed E-state index contributed by atoms with van der Waals surface area (Å²) >= 11 is 11.3. The lowest BCUT2D eigenvalue weighted by Crippen LogP contribution is -2.30. The van der Waals surface area contributed by atoms with E-state index in [1.807, 2.05) is 31.2 Å². The number of amides is 1. The molecule has 2 aromatic carbocycles. The van der Waals surface area contributed by atoms with Gasteiger partial charge >= 0.3 is 0 Å². The van der Waals surface area contributed by atoms with Gasteiger partial charge in [-0.2, -0.15) is 5.10 Å². The fraction of sp³-hybridized carbons (Fsp3) is 0.211. The molecule has 3 aromatic rings. The molecule has 0 fully saturated rings. The summed E-state index contributed by atoms with van der Waals surface area (Å²) in [6, 6.07) is 12.2. The average molecular weight is 405 g/mol. The van der Waals surface area contributed by atoms with Gasteiger partial charge < -0.3 is 4.90 Å². The van der Waals surface area contributed by atoms with Gasteiger partial charge in [0.25, 0.3) is 0 Å². The van der Waals surface area contributed by atoms with Crippen molar-refractivity contribution in [3.05, 3.63) is 69.2 Å². The van der Waals surface area contributed by atoms with Gasteiger partial charge in [0.15, 0.2) is 10.6 Å². The summed E-state index contributed by atoms with van der Waals surface area (Å²) in [7, 11) is 1.60. The Morgan fingerprint density at radius 3 is 2.67 bits per heavy atom. The molecule has 3 rings (SSSR count). The Labute approximate surface area is 166 Å². The Kier molecular flexibility index (Phi) is 5.72. The van der Waals surface area contributed by atoms with Crippen LogP contribution in [0.25, 0.3) is 11.4 Å². The highest BCUT2D eigenvalue weighted by atomic mass is 35.5. The molecule has 0 aliphatic carbocycles. The first-order valence-electron chi connectivity index (χ1n) is 8.26. The first-order valence-corrected chi connectivity index (χ1v) is 9.04. The number of aromatic amines is 1. The molecule has 0 radical (unpaired) electrons. The fourth-order valence-electron chi connectivity index (χ4n) is 2.65. The number of carbonyl (C=O) groups excluding carboxylic acids is 1. The quantitative estimate of drug-likeness (QED) is 0.642. The minimum absolute atomic E-state index is 0.0128. The van der Waals surface area contributed by atoms with Gasteiger partial charge in [-0.25, -0.2) is 4.39 Å². The van der Waals surface area contributed by atoms with E-state index in [4.69, 9.17) is 23.8 Å². The van der Waals surface area contributed by atoms with Crippen molar-refractivity contribution in [2.75, 3.05) is 7.05 Å². The molecular weight excluding hydrogens is 387 g/mol. The van der Waals surface area contributed by atoms with Gasteiger partial charge in [0.05, 0.1) is 0 Å². The minimum Gasteiger partial charge on any atom is -0.340 e. The molecule has 1 amide bonds. The molecule has 140 valence electrons. The second kappa shape index (κ2) is 8.02. The molecule has 0 atom stereocenters. The Morgan fingerprint density at radius 1 is 1.30 bits per heavy atom. The maximum absolute atomic E-state index is 14.0. The third-order valence-electron chi connectivity index (χ3n) is 4.24. The van der Waals surface area contributed by atoms with Crippen molar-refractivity contribution in [2.45, 2.75) is 20.0 Å². The molecule has 0 aliphatic heterocycles.